The molecule has 2 aliphatic rings. The van der Waals surface area contributed by atoms with Gasteiger partial charge in [-0.2, -0.15) is 0 Å². The molecular weight excluding hydrogens is 314 g/mol. The summed E-state index contributed by atoms with van der Waals surface area (Å²) >= 11 is 0. The number of nitrogens with one attached hydrogen (secondary N) is 1. The molecule has 5 nitrogen and oxygen atoms in total. The van der Waals surface area contributed by atoms with Crippen molar-refractivity contribution in [3.05, 3.63) is 41.5 Å². The summed E-state index contributed by atoms with van der Waals surface area (Å²) < 4.78 is 0. The van der Waals surface area contributed by atoms with Gasteiger partial charge in [-0.25, -0.2) is 4.79 Å². The highest BCUT2D eigenvalue weighted by Gasteiger charge is 2.32. The Bertz CT molecular complexity index is 666. The molecule has 1 atom stereocenters. The van der Waals surface area contributed by atoms with Gasteiger partial charge in [0.05, 0.1) is 6.04 Å². The minimum atomic E-state index is 0.00347. The Morgan fingerprint density at radius 2 is 2.04 bits per heavy atom. The second-order valence-corrected chi connectivity index (χ2v) is 6.89. The molecule has 2 heterocycles. The van der Waals surface area contributed by atoms with Crippen LogP contribution in [0, 0.1) is 6.92 Å². The minimum absolute atomic E-state index is 0.00347. The number of urea groups is 1. The lowest BCUT2D eigenvalue weighted by Crippen LogP contribution is -2.50. The van der Waals surface area contributed by atoms with E-state index in [4.69, 9.17) is 0 Å². The zero-order valence-electron chi connectivity index (χ0n) is 15.1. The third-order valence-electron chi connectivity index (χ3n) is 5.14. The number of carbonyl (C=O) groups is 2. The first kappa shape index (κ1) is 17.5. The molecule has 25 heavy (non-hydrogen) atoms. The van der Waals surface area contributed by atoms with Crippen LogP contribution >= 0.6 is 0 Å². The van der Waals surface area contributed by atoms with Crippen LogP contribution < -0.4 is 5.32 Å². The lowest BCUT2D eigenvalue weighted by molar-refractivity contribution is -0.127. The molecular formula is C20H27N3O2. The smallest absolute Gasteiger partial charge is 0.317 e. The van der Waals surface area contributed by atoms with Crippen LogP contribution in [0.5, 0.6) is 0 Å². The summed E-state index contributed by atoms with van der Waals surface area (Å²) in [5, 5.41) is 2.85. The highest BCUT2D eigenvalue weighted by molar-refractivity contribution is 5.95. The molecule has 1 aromatic rings. The maximum Gasteiger partial charge on any atom is 0.317 e. The number of hydrogen-bond donors (Lipinski definition) is 1. The van der Waals surface area contributed by atoms with Crippen molar-refractivity contribution < 1.29 is 9.59 Å². The number of rotatable bonds is 4. The molecule has 0 bridgehead atoms. The van der Waals surface area contributed by atoms with Gasteiger partial charge in [0.1, 0.15) is 0 Å². The maximum atomic E-state index is 12.8. The van der Waals surface area contributed by atoms with Crippen molar-refractivity contribution in [3.63, 3.8) is 0 Å². The molecule has 3 amide bonds. The second kappa shape index (κ2) is 7.72. The lowest BCUT2D eigenvalue weighted by Gasteiger charge is -2.36. The second-order valence-electron chi connectivity index (χ2n) is 6.89. The summed E-state index contributed by atoms with van der Waals surface area (Å²) in [6.45, 7) is 6.99. The third kappa shape index (κ3) is 4.03. The van der Waals surface area contributed by atoms with Gasteiger partial charge in [0, 0.05) is 32.3 Å². The highest BCUT2D eigenvalue weighted by atomic mass is 16.2. The van der Waals surface area contributed by atoms with E-state index in [1.165, 1.54) is 5.56 Å². The SMILES string of the molecule is CC/C(=C/C(=O)N1CCC[C@@H](N2CCNC2=O)C1)c1ccc(C)cc1. The molecule has 0 aliphatic carbocycles. The lowest BCUT2D eigenvalue weighted by atomic mass is 10.0. The highest BCUT2D eigenvalue weighted by Crippen LogP contribution is 2.21. The quantitative estimate of drug-likeness (QED) is 0.856. The number of benzene rings is 1. The van der Waals surface area contributed by atoms with Gasteiger partial charge in [0.25, 0.3) is 0 Å². The summed E-state index contributed by atoms with van der Waals surface area (Å²) in [7, 11) is 0. The molecule has 0 radical (unpaired) electrons. The Labute approximate surface area is 149 Å². The van der Waals surface area contributed by atoms with Crippen LogP contribution in [0.3, 0.4) is 0 Å². The van der Waals surface area contributed by atoms with Crippen LogP contribution in [0.2, 0.25) is 0 Å². The Morgan fingerprint density at radius 3 is 2.68 bits per heavy atom. The van der Waals surface area contributed by atoms with E-state index in [1.807, 2.05) is 9.80 Å². The van der Waals surface area contributed by atoms with Gasteiger partial charge in [-0.15, -0.1) is 0 Å². The van der Waals surface area contributed by atoms with Gasteiger partial charge in [-0.3, -0.25) is 4.79 Å². The first-order chi connectivity index (χ1) is 12.1. The van der Waals surface area contributed by atoms with Gasteiger partial charge in [-0.1, -0.05) is 36.8 Å². The molecule has 0 unspecified atom stereocenters. The monoisotopic (exact) mass is 341 g/mol. The van der Waals surface area contributed by atoms with Crippen molar-refractivity contribution in [2.75, 3.05) is 26.2 Å². The predicted molar refractivity (Wildman–Crippen MR) is 99.2 cm³/mol. The molecule has 2 fully saturated rings. The number of aryl methyl sites for hydroxylation is 1. The Hall–Kier alpha value is -2.30. The van der Waals surface area contributed by atoms with Gasteiger partial charge in [0.15, 0.2) is 0 Å². The zero-order valence-corrected chi connectivity index (χ0v) is 15.1. The van der Waals surface area contributed by atoms with Crippen molar-refractivity contribution >= 4 is 17.5 Å². The summed E-state index contributed by atoms with van der Waals surface area (Å²) in [4.78, 5) is 28.4. The molecule has 0 saturated carbocycles. The normalized spacial score (nSPS) is 21.4. The first-order valence-corrected chi connectivity index (χ1v) is 9.19. The molecule has 1 aromatic carbocycles. The standard InChI is InChI=1S/C20H27N3O2/c1-3-16(17-8-6-15(2)7-9-17)13-19(24)22-11-4-5-18(14-22)23-12-10-21-20(23)25/h6-9,13,18H,3-5,10-12,14H2,1-2H3,(H,21,25)/b16-13-/t18-/m1/s1. The predicted octanol–water partition coefficient (Wildman–Crippen LogP) is 2.80. The van der Waals surface area contributed by atoms with E-state index >= 15 is 0 Å². The number of piperidine rings is 1. The van der Waals surface area contributed by atoms with Crippen LogP contribution in [0.1, 0.15) is 37.3 Å². The molecule has 0 spiro atoms. The Morgan fingerprint density at radius 1 is 1.28 bits per heavy atom. The van der Waals surface area contributed by atoms with Gasteiger partial charge in [-0.05, 0) is 37.3 Å². The zero-order chi connectivity index (χ0) is 17.8. The van der Waals surface area contributed by atoms with Crippen molar-refractivity contribution in [3.8, 4) is 0 Å². The number of allylic oxidation sites excluding steroid dienone is 1. The average molecular weight is 341 g/mol. The van der Waals surface area contributed by atoms with E-state index in [0.29, 0.717) is 13.1 Å². The van der Waals surface area contributed by atoms with Crippen LogP contribution in [0.25, 0.3) is 5.57 Å². The van der Waals surface area contributed by atoms with Crippen LogP contribution in [-0.2, 0) is 4.79 Å². The third-order valence-corrected chi connectivity index (χ3v) is 5.14. The van der Waals surface area contributed by atoms with Crippen molar-refractivity contribution in [2.24, 2.45) is 0 Å². The molecule has 3 rings (SSSR count). The average Bonchev–Trinajstić information content (AvgIpc) is 3.06. The van der Waals surface area contributed by atoms with Gasteiger partial charge >= 0.3 is 6.03 Å². The van der Waals surface area contributed by atoms with Gasteiger partial charge < -0.3 is 15.1 Å². The van der Waals surface area contributed by atoms with Crippen LogP contribution in [0.4, 0.5) is 4.79 Å². The van der Waals surface area contributed by atoms with E-state index in [0.717, 1.165) is 43.5 Å². The van der Waals surface area contributed by atoms with E-state index in [1.54, 1.807) is 6.08 Å². The summed E-state index contributed by atoms with van der Waals surface area (Å²) in [6.07, 6.45) is 4.51. The molecule has 134 valence electrons. The Balaban J connectivity index is 1.70. The molecule has 2 aliphatic heterocycles. The summed E-state index contributed by atoms with van der Waals surface area (Å²) in [6, 6.07) is 8.44. The summed E-state index contributed by atoms with van der Waals surface area (Å²) in [5.74, 6) is 0.0572. The van der Waals surface area contributed by atoms with Crippen molar-refractivity contribution in [2.45, 2.75) is 39.2 Å². The number of amides is 3. The van der Waals surface area contributed by atoms with Crippen molar-refractivity contribution in [1.82, 2.24) is 15.1 Å². The van der Waals surface area contributed by atoms with Crippen molar-refractivity contribution in [1.29, 1.82) is 0 Å². The number of nitrogens with zero attached hydrogens (tertiary/aromatic N) is 2. The number of likely N-dealkylation sites (tertiary alicyclic amines) is 1. The largest absolute Gasteiger partial charge is 0.337 e. The summed E-state index contributed by atoms with van der Waals surface area (Å²) in [5.41, 5.74) is 3.38. The fraction of sp³-hybridized carbons (Fsp3) is 0.500. The number of carbonyl (C=O) groups excluding carboxylic acids is 2. The van der Waals surface area contributed by atoms with Crippen LogP contribution in [-0.4, -0.2) is 54.0 Å². The van der Waals surface area contributed by atoms with E-state index < -0.39 is 0 Å². The molecule has 5 heteroatoms. The fourth-order valence-corrected chi connectivity index (χ4v) is 3.64. The number of hydrogen-bond acceptors (Lipinski definition) is 2. The van der Waals surface area contributed by atoms with E-state index in [2.05, 4.69) is 43.4 Å². The topological polar surface area (TPSA) is 52.7 Å². The van der Waals surface area contributed by atoms with Crippen LogP contribution in [0.15, 0.2) is 30.3 Å². The minimum Gasteiger partial charge on any atom is -0.337 e. The first-order valence-electron chi connectivity index (χ1n) is 9.19. The molecule has 2 saturated heterocycles. The maximum absolute atomic E-state index is 12.8. The van der Waals surface area contributed by atoms with Gasteiger partial charge in [0.2, 0.25) is 5.91 Å². The fourth-order valence-electron chi connectivity index (χ4n) is 3.64. The molecule has 1 N–H and O–H groups in total. The Kier molecular flexibility index (Phi) is 5.41. The van der Waals surface area contributed by atoms with E-state index in [9.17, 15) is 9.59 Å². The van der Waals surface area contributed by atoms with E-state index in [-0.39, 0.29) is 18.0 Å². The molecule has 0 aromatic heterocycles.